The van der Waals surface area contributed by atoms with Crippen LogP contribution >= 0.6 is 0 Å². The quantitative estimate of drug-likeness (QED) is 0.693. The Morgan fingerprint density at radius 2 is 1.45 bits per heavy atom. The van der Waals surface area contributed by atoms with Crippen LogP contribution < -0.4 is 4.90 Å². The third kappa shape index (κ3) is 4.09. The highest BCUT2D eigenvalue weighted by Crippen LogP contribution is 2.33. The van der Waals surface area contributed by atoms with Crippen molar-refractivity contribution in [3.8, 4) is 0 Å². The van der Waals surface area contributed by atoms with Crippen molar-refractivity contribution in [3.63, 3.8) is 0 Å². The fourth-order valence-electron chi connectivity index (χ4n) is 4.37. The molecule has 4 rings (SSSR count). The predicted octanol–water partition coefficient (Wildman–Crippen LogP) is 3.86. The predicted molar refractivity (Wildman–Crippen MR) is 125 cm³/mol. The normalized spacial score (nSPS) is 17.4. The van der Waals surface area contributed by atoms with E-state index in [-0.39, 0.29) is 17.7 Å². The Morgan fingerprint density at radius 1 is 0.806 bits per heavy atom. The molecule has 2 aliphatic heterocycles. The molecule has 2 heterocycles. The van der Waals surface area contributed by atoms with Gasteiger partial charge < -0.3 is 9.80 Å². The molecule has 0 saturated carbocycles. The van der Waals surface area contributed by atoms with Gasteiger partial charge in [0.05, 0.1) is 5.57 Å². The number of hydrogen-bond acceptors (Lipinski definition) is 4. The van der Waals surface area contributed by atoms with Crippen LogP contribution in [0.4, 0.5) is 5.69 Å². The summed E-state index contributed by atoms with van der Waals surface area (Å²) >= 11 is 0. The SMILES string of the molecule is Cc1ccc(C2=C(N3CCN(c4ccccc4)CC3)C(=O)N(CC(C)C)C2=O)cc1C. The lowest BCUT2D eigenvalue weighted by Crippen LogP contribution is -2.47. The number of carbonyl (C=O) groups excluding carboxylic acids is 2. The number of imide groups is 1. The number of rotatable bonds is 5. The maximum absolute atomic E-state index is 13.4. The molecule has 5 nitrogen and oxygen atoms in total. The van der Waals surface area contributed by atoms with Gasteiger partial charge in [0, 0.05) is 38.4 Å². The Labute approximate surface area is 184 Å². The summed E-state index contributed by atoms with van der Waals surface area (Å²) in [6.45, 7) is 11.7. The van der Waals surface area contributed by atoms with Gasteiger partial charge >= 0.3 is 0 Å². The van der Waals surface area contributed by atoms with E-state index in [1.54, 1.807) is 0 Å². The van der Waals surface area contributed by atoms with Crippen LogP contribution in [-0.4, -0.2) is 54.3 Å². The number of hydrogen-bond donors (Lipinski definition) is 0. The maximum atomic E-state index is 13.4. The second-order valence-corrected chi connectivity index (χ2v) is 8.95. The summed E-state index contributed by atoms with van der Waals surface area (Å²) in [5, 5.41) is 0. The molecule has 0 atom stereocenters. The van der Waals surface area contributed by atoms with Crippen molar-refractivity contribution in [1.82, 2.24) is 9.80 Å². The fourth-order valence-corrected chi connectivity index (χ4v) is 4.37. The highest BCUT2D eigenvalue weighted by molar-refractivity contribution is 6.35. The Hall–Kier alpha value is -3.08. The Balaban J connectivity index is 1.67. The van der Waals surface area contributed by atoms with Crippen LogP contribution in [0.5, 0.6) is 0 Å². The summed E-state index contributed by atoms with van der Waals surface area (Å²) in [6.07, 6.45) is 0. The third-order valence-electron chi connectivity index (χ3n) is 6.20. The van der Waals surface area contributed by atoms with Gasteiger partial charge in [-0.2, -0.15) is 0 Å². The molecule has 2 aromatic rings. The van der Waals surface area contributed by atoms with E-state index >= 15 is 0 Å². The average molecular weight is 418 g/mol. The van der Waals surface area contributed by atoms with Gasteiger partial charge in [-0.3, -0.25) is 14.5 Å². The minimum atomic E-state index is -0.164. The smallest absolute Gasteiger partial charge is 0.277 e. The second-order valence-electron chi connectivity index (χ2n) is 8.95. The molecule has 31 heavy (non-hydrogen) atoms. The summed E-state index contributed by atoms with van der Waals surface area (Å²) in [5.74, 6) is -0.0919. The number of amides is 2. The molecule has 1 fully saturated rings. The summed E-state index contributed by atoms with van der Waals surface area (Å²) in [6, 6.07) is 16.4. The van der Waals surface area contributed by atoms with E-state index in [0.29, 0.717) is 30.9 Å². The van der Waals surface area contributed by atoms with Crippen LogP contribution in [0.2, 0.25) is 0 Å². The van der Waals surface area contributed by atoms with Crippen LogP contribution in [0.3, 0.4) is 0 Å². The first kappa shape index (κ1) is 21.2. The first-order valence-electron chi connectivity index (χ1n) is 11.1. The van der Waals surface area contributed by atoms with Gasteiger partial charge in [0.1, 0.15) is 5.70 Å². The second kappa shape index (κ2) is 8.58. The topological polar surface area (TPSA) is 43.9 Å². The van der Waals surface area contributed by atoms with Gasteiger partial charge in [-0.25, -0.2) is 0 Å². The van der Waals surface area contributed by atoms with Crippen molar-refractivity contribution in [3.05, 3.63) is 70.9 Å². The monoisotopic (exact) mass is 417 g/mol. The molecule has 0 N–H and O–H groups in total. The molecule has 2 aliphatic rings. The molecule has 2 aromatic carbocycles. The molecule has 5 heteroatoms. The van der Waals surface area contributed by atoms with Crippen LogP contribution in [0.15, 0.2) is 54.2 Å². The summed E-state index contributed by atoms with van der Waals surface area (Å²) < 4.78 is 0. The van der Waals surface area contributed by atoms with Crippen molar-refractivity contribution >= 4 is 23.1 Å². The number of benzene rings is 2. The number of aryl methyl sites for hydroxylation is 2. The minimum absolute atomic E-state index is 0.153. The summed E-state index contributed by atoms with van der Waals surface area (Å²) in [5.41, 5.74) is 5.47. The van der Waals surface area contributed by atoms with Crippen molar-refractivity contribution < 1.29 is 9.59 Å². The van der Waals surface area contributed by atoms with E-state index in [2.05, 4.69) is 28.9 Å². The standard InChI is InChI=1S/C26H31N3O2/c1-18(2)17-29-25(30)23(21-11-10-19(3)20(4)16-21)24(26(29)31)28-14-12-27(13-15-28)22-8-6-5-7-9-22/h5-11,16,18H,12-15,17H2,1-4H3. The van der Waals surface area contributed by atoms with E-state index < -0.39 is 0 Å². The van der Waals surface area contributed by atoms with Crippen LogP contribution in [-0.2, 0) is 9.59 Å². The number of piperazine rings is 1. The van der Waals surface area contributed by atoms with Crippen LogP contribution in [0.1, 0.15) is 30.5 Å². The first-order chi connectivity index (χ1) is 14.9. The Morgan fingerprint density at radius 3 is 2.06 bits per heavy atom. The highest BCUT2D eigenvalue weighted by Gasteiger charge is 2.42. The molecule has 2 amide bonds. The van der Waals surface area contributed by atoms with Crippen molar-refractivity contribution in [2.45, 2.75) is 27.7 Å². The van der Waals surface area contributed by atoms with Crippen molar-refractivity contribution in [2.75, 3.05) is 37.6 Å². The van der Waals surface area contributed by atoms with E-state index in [1.165, 1.54) is 16.2 Å². The molecule has 0 aromatic heterocycles. The Kier molecular flexibility index (Phi) is 5.86. The largest absolute Gasteiger partial charge is 0.368 e. The maximum Gasteiger partial charge on any atom is 0.277 e. The van der Waals surface area contributed by atoms with Gasteiger partial charge in [-0.05, 0) is 48.6 Å². The zero-order chi connectivity index (χ0) is 22.1. The van der Waals surface area contributed by atoms with Gasteiger partial charge in [0.2, 0.25) is 0 Å². The van der Waals surface area contributed by atoms with Gasteiger partial charge in [0.15, 0.2) is 0 Å². The molecule has 0 radical (unpaired) electrons. The fraction of sp³-hybridized carbons (Fsp3) is 0.385. The minimum Gasteiger partial charge on any atom is -0.368 e. The molecule has 162 valence electrons. The summed E-state index contributed by atoms with van der Waals surface area (Å²) in [4.78, 5) is 32.7. The first-order valence-corrected chi connectivity index (χ1v) is 11.1. The lowest BCUT2D eigenvalue weighted by atomic mass is 9.99. The molecular weight excluding hydrogens is 386 g/mol. The molecule has 0 aliphatic carbocycles. The number of carbonyl (C=O) groups is 2. The zero-order valence-electron chi connectivity index (χ0n) is 18.9. The molecule has 0 unspecified atom stereocenters. The van der Waals surface area contributed by atoms with Gasteiger partial charge in [0.25, 0.3) is 11.8 Å². The lowest BCUT2D eigenvalue weighted by molar-refractivity contribution is -0.138. The van der Waals surface area contributed by atoms with Crippen molar-refractivity contribution in [2.24, 2.45) is 5.92 Å². The van der Waals surface area contributed by atoms with E-state index in [9.17, 15) is 9.59 Å². The summed E-state index contributed by atoms with van der Waals surface area (Å²) in [7, 11) is 0. The molecule has 0 spiro atoms. The van der Waals surface area contributed by atoms with E-state index in [4.69, 9.17) is 0 Å². The average Bonchev–Trinajstić information content (AvgIpc) is 3.01. The number of nitrogens with zero attached hydrogens (tertiary/aromatic N) is 3. The van der Waals surface area contributed by atoms with Gasteiger partial charge in [-0.1, -0.05) is 50.2 Å². The van der Waals surface area contributed by atoms with Crippen LogP contribution in [0, 0.1) is 19.8 Å². The van der Waals surface area contributed by atoms with E-state index in [1.807, 2.05) is 57.2 Å². The molecule has 0 bridgehead atoms. The van der Waals surface area contributed by atoms with Crippen molar-refractivity contribution in [1.29, 1.82) is 0 Å². The molecule has 1 saturated heterocycles. The Bertz CT molecular complexity index is 1020. The highest BCUT2D eigenvalue weighted by atomic mass is 16.2. The number of para-hydroxylation sites is 1. The molecular formula is C26H31N3O2. The van der Waals surface area contributed by atoms with E-state index in [0.717, 1.165) is 24.2 Å². The third-order valence-corrected chi connectivity index (χ3v) is 6.20. The zero-order valence-corrected chi connectivity index (χ0v) is 18.9. The lowest BCUT2D eigenvalue weighted by Gasteiger charge is -2.37. The van der Waals surface area contributed by atoms with Gasteiger partial charge in [-0.15, -0.1) is 0 Å². The van der Waals surface area contributed by atoms with Crippen LogP contribution in [0.25, 0.3) is 5.57 Å². The number of anilines is 1.